The number of ether oxygens (including phenoxy) is 1. The highest BCUT2D eigenvalue weighted by Gasteiger charge is 2.49. The van der Waals surface area contributed by atoms with Crippen molar-refractivity contribution in [2.75, 3.05) is 14.2 Å². The van der Waals surface area contributed by atoms with E-state index in [1.807, 2.05) is 0 Å². The predicted molar refractivity (Wildman–Crippen MR) is 81.6 cm³/mol. The van der Waals surface area contributed by atoms with Crippen molar-refractivity contribution in [3.63, 3.8) is 0 Å². The number of esters is 1. The molecule has 0 aromatic heterocycles. The van der Waals surface area contributed by atoms with Crippen LogP contribution in [0.25, 0.3) is 0 Å². The van der Waals surface area contributed by atoms with E-state index in [4.69, 9.17) is 4.74 Å². The van der Waals surface area contributed by atoms with Crippen molar-refractivity contribution >= 4 is 21.9 Å². The third-order valence-electron chi connectivity index (χ3n) is 5.04. The topological polar surface area (TPSA) is 29.5 Å². The van der Waals surface area contributed by atoms with E-state index in [0.29, 0.717) is 12.1 Å². The molecule has 4 heteroatoms. The third kappa shape index (κ3) is 2.29. The Hall–Kier alpha value is -0.870. The highest BCUT2D eigenvalue weighted by Crippen LogP contribution is 2.46. The van der Waals surface area contributed by atoms with Gasteiger partial charge in [0.1, 0.15) is 0 Å². The van der Waals surface area contributed by atoms with E-state index in [1.54, 1.807) is 0 Å². The summed E-state index contributed by atoms with van der Waals surface area (Å²) in [5.41, 5.74) is 1.26. The van der Waals surface area contributed by atoms with Crippen LogP contribution in [-0.4, -0.2) is 37.1 Å². The lowest BCUT2D eigenvalue weighted by molar-refractivity contribution is -0.150. The first-order chi connectivity index (χ1) is 9.61. The van der Waals surface area contributed by atoms with Crippen molar-refractivity contribution in [2.45, 2.75) is 37.3 Å². The SMILES string of the molecule is COC(=O)[C@H]1[C@@H](c2ccc(Br)cc2)C[C@H]2CC[C@@H]1N2C. The number of hydrogen-bond donors (Lipinski definition) is 0. The van der Waals surface area contributed by atoms with Crippen molar-refractivity contribution in [3.8, 4) is 0 Å². The van der Waals surface area contributed by atoms with Gasteiger partial charge in [0, 0.05) is 22.5 Å². The number of carbonyl (C=O) groups excluding carboxylic acids is 1. The van der Waals surface area contributed by atoms with Crippen LogP contribution in [-0.2, 0) is 9.53 Å². The minimum absolute atomic E-state index is 0.0371. The van der Waals surface area contributed by atoms with Gasteiger partial charge in [-0.2, -0.15) is 0 Å². The molecule has 4 atom stereocenters. The summed E-state index contributed by atoms with van der Waals surface area (Å²) in [6.45, 7) is 0. The number of rotatable bonds is 2. The maximum absolute atomic E-state index is 12.3. The molecule has 2 bridgehead atoms. The molecule has 0 N–H and O–H groups in total. The van der Waals surface area contributed by atoms with Crippen LogP contribution in [0.2, 0.25) is 0 Å². The van der Waals surface area contributed by atoms with Gasteiger partial charge in [0.2, 0.25) is 0 Å². The molecule has 2 saturated heterocycles. The van der Waals surface area contributed by atoms with Crippen LogP contribution in [0.15, 0.2) is 28.7 Å². The molecule has 2 fully saturated rings. The van der Waals surface area contributed by atoms with E-state index >= 15 is 0 Å². The van der Waals surface area contributed by atoms with Crippen LogP contribution < -0.4 is 0 Å². The van der Waals surface area contributed by atoms with E-state index < -0.39 is 0 Å². The van der Waals surface area contributed by atoms with Crippen LogP contribution >= 0.6 is 15.9 Å². The van der Waals surface area contributed by atoms with Crippen LogP contribution in [0.5, 0.6) is 0 Å². The zero-order chi connectivity index (χ0) is 14.3. The second-order valence-electron chi connectivity index (χ2n) is 5.91. The molecule has 2 aliphatic rings. The third-order valence-corrected chi connectivity index (χ3v) is 5.57. The molecule has 0 spiro atoms. The normalized spacial score (nSPS) is 33.1. The Labute approximate surface area is 128 Å². The molecule has 2 aliphatic heterocycles. The fourth-order valence-electron chi connectivity index (χ4n) is 3.98. The molecule has 1 aromatic rings. The van der Waals surface area contributed by atoms with E-state index in [0.717, 1.165) is 17.3 Å². The van der Waals surface area contributed by atoms with Gasteiger partial charge in [-0.25, -0.2) is 0 Å². The van der Waals surface area contributed by atoms with Crippen molar-refractivity contribution in [3.05, 3.63) is 34.3 Å². The molecule has 3 rings (SSSR count). The molecule has 3 nitrogen and oxygen atoms in total. The first-order valence-corrected chi connectivity index (χ1v) is 7.96. The summed E-state index contributed by atoms with van der Waals surface area (Å²) < 4.78 is 6.16. The maximum atomic E-state index is 12.3. The zero-order valence-corrected chi connectivity index (χ0v) is 13.5. The standard InChI is InChI=1S/C16H20BrNO2/c1-18-12-7-8-14(18)15(16(19)20-2)13(9-12)10-3-5-11(17)6-4-10/h3-6,12-15H,7-9H2,1-2H3/t12-,13-,14+,15+/m1/s1. The maximum Gasteiger partial charge on any atom is 0.310 e. The number of methoxy groups -OCH3 is 1. The van der Waals surface area contributed by atoms with Gasteiger partial charge in [-0.15, -0.1) is 0 Å². The summed E-state index contributed by atoms with van der Waals surface area (Å²) in [4.78, 5) is 14.7. The van der Waals surface area contributed by atoms with E-state index in [1.165, 1.54) is 19.1 Å². The molecule has 2 heterocycles. The Bertz CT molecular complexity index is 502. The number of hydrogen-bond acceptors (Lipinski definition) is 3. The Balaban J connectivity index is 1.95. The lowest BCUT2D eigenvalue weighted by Crippen LogP contribution is -2.49. The van der Waals surface area contributed by atoms with Crippen molar-refractivity contribution in [1.29, 1.82) is 0 Å². The lowest BCUT2D eigenvalue weighted by Gasteiger charge is -2.41. The van der Waals surface area contributed by atoms with Crippen molar-refractivity contribution in [2.24, 2.45) is 5.92 Å². The molecule has 1 aromatic carbocycles. The first kappa shape index (κ1) is 14.1. The molecule has 108 valence electrons. The molecule has 20 heavy (non-hydrogen) atoms. The molecule has 0 amide bonds. The summed E-state index contributed by atoms with van der Waals surface area (Å²) in [7, 11) is 3.65. The molecule has 0 radical (unpaired) electrons. The number of piperidine rings is 1. The van der Waals surface area contributed by atoms with Gasteiger partial charge in [-0.1, -0.05) is 28.1 Å². The van der Waals surface area contributed by atoms with Gasteiger partial charge in [-0.3, -0.25) is 9.69 Å². The number of carbonyl (C=O) groups is 1. The van der Waals surface area contributed by atoms with E-state index in [-0.39, 0.29) is 17.8 Å². The molecule has 0 unspecified atom stereocenters. The highest BCUT2D eigenvalue weighted by atomic mass is 79.9. The largest absolute Gasteiger partial charge is 0.469 e. The minimum atomic E-state index is -0.0601. The van der Waals surface area contributed by atoms with Crippen molar-refractivity contribution in [1.82, 2.24) is 4.90 Å². The van der Waals surface area contributed by atoms with Crippen LogP contribution in [0.3, 0.4) is 0 Å². The second kappa shape index (κ2) is 5.49. The summed E-state index contributed by atoms with van der Waals surface area (Å²) in [5.74, 6) is 0.185. The van der Waals surface area contributed by atoms with Gasteiger partial charge < -0.3 is 4.74 Å². The van der Waals surface area contributed by atoms with Gasteiger partial charge in [-0.05, 0) is 44.0 Å². The smallest absolute Gasteiger partial charge is 0.310 e. The predicted octanol–water partition coefficient (Wildman–Crippen LogP) is 3.19. The summed E-state index contributed by atoms with van der Waals surface area (Å²) in [5, 5.41) is 0. The van der Waals surface area contributed by atoms with Gasteiger partial charge >= 0.3 is 5.97 Å². The van der Waals surface area contributed by atoms with Gasteiger partial charge in [0.05, 0.1) is 13.0 Å². The highest BCUT2D eigenvalue weighted by molar-refractivity contribution is 9.10. The molecule has 0 saturated carbocycles. The van der Waals surface area contributed by atoms with E-state index in [9.17, 15) is 4.79 Å². The quantitative estimate of drug-likeness (QED) is 0.776. The molecular formula is C16H20BrNO2. The first-order valence-electron chi connectivity index (χ1n) is 7.17. The number of halogens is 1. The zero-order valence-electron chi connectivity index (χ0n) is 11.9. The van der Waals surface area contributed by atoms with Gasteiger partial charge in [0.15, 0.2) is 0 Å². The summed E-state index contributed by atoms with van der Waals surface area (Å²) in [6, 6.07) is 9.32. The average Bonchev–Trinajstić information content (AvgIpc) is 2.70. The fourth-order valence-corrected chi connectivity index (χ4v) is 4.24. The summed E-state index contributed by atoms with van der Waals surface area (Å²) >= 11 is 3.47. The minimum Gasteiger partial charge on any atom is -0.469 e. The van der Waals surface area contributed by atoms with Gasteiger partial charge in [0.25, 0.3) is 0 Å². The Kier molecular flexibility index (Phi) is 3.87. The average molecular weight is 338 g/mol. The number of nitrogens with zero attached hydrogens (tertiary/aromatic N) is 1. The number of fused-ring (bicyclic) bond motifs is 2. The Morgan fingerprint density at radius 3 is 2.65 bits per heavy atom. The molecule has 0 aliphatic carbocycles. The molecular weight excluding hydrogens is 318 g/mol. The number of benzene rings is 1. The summed E-state index contributed by atoms with van der Waals surface area (Å²) in [6.07, 6.45) is 3.35. The Morgan fingerprint density at radius 2 is 2.00 bits per heavy atom. The second-order valence-corrected chi connectivity index (χ2v) is 6.82. The van der Waals surface area contributed by atoms with E-state index in [2.05, 4.69) is 52.1 Å². The van der Waals surface area contributed by atoms with Crippen LogP contribution in [0, 0.1) is 5.92 Å². The van der Waals surface area contributed by atoms with Crippen LogP contribution in [0.4, 0.5) is 0 Å². The monoisotopic (exact) mass is 337 g/mol. The van der Waals surface area contributed by atoms with Crippen molar-refractivity contribution < 1.29 is 9.53 Å². The van der Waals surface area contributed by atoms with Crippen LogP contribution in [0.1, 0.15) is 30.7 Å². The Morgan fingerprint density at radius 1 is 1.30 bits per heavy atom. The fraction of sp³-hybridized carbons (Fsp3) is 0.562. The lowest BCUT2D eigenvalue weighted by atomic mass is 9.76.